The van der Waals surface area contributed by atoms with Gasteiger partial charge in [0, 0.05) is 0 Å². The van der Waals surface area contributed by atoms with Crippen molar-refractivity contribution in [3.8, 4) is 0 Å². The van der Waals surface area contributed by atoms with Crippen LogP contribution in [0.5, 0.6) is 0 Å². The van der Waals surface area contributed by atoms with Crippen molar-refractivity contribution >= 4 is 11.9 Å². The van der Waals surface area contributed by atoms with Crippen molar-refractivity contribution in [3.05, 3.63) is 0 Å². The molecule has 4 N–H and O–H groups in total. The maximum absolute atomic E-state index is 11.1. The van der Waals surface area contributed by atoms with Gasteiger partial charge >= 0.3 is 5.97 Å². The summed E-state index contributed by atoms with van der Waals surface area (Å²) >= 11 is 0. The van der Waals surface area contributed by atoms with E-state index in [0.717, 1.165) is 7.11 Å². The van der Waals surface area contributed by atoms with Gasteiger partial charge in [0.15, 0.2) is 6.10 Å². The Balaban J connectivity index is 3.82. The van der Waals surface area contributed by atoms with Crippen LogP contribution in [-0.2, 0) is 14.3 Å². The highest BCUT2D eigenvalue weighted by atomic mass is 16.5. The number of esters is 1. The van der Waals surface area contributed by atoms with Crippen LogP contribution >= 0.6 is 0 Å². The number of nitrogens with one attached hydrogen (secondary N) is 1. The van der Waals surface area contributed by atoms with Gasteiger partial charge in [0.2, 0.25) is 5.91 Å². The number of carbonyl (C=O) groups excluding carboxylic acids is 2. The summed E-state index contributed by atoms with van der Waals surface area (Å²) in [5.74, 6) is -1.18. The predicted molar refractivity (Wildman–Crippen MR) is 49.3 cm³/mol. The van der Waals surface area contributed by atoms with Crippen molar-refractivity contribution in [2.45, 2.75) is 25.5 Å². The van der Waals surface area contributed by atoms with Gasteiger partial charge in [-0.2, -0.15) is 0 Å². The quantitative estimate of drug-likeness (QED) is 0.467. The molecule has 0 fully saturated rings. The first-order valence-electron chi connectivity index (χ1n) is 4.32. The van der Waals surface area contributed by atoms with E-state index in [-0.39, 0.29) is 6.54 Å². The number of amides is 1. The molecule has 0 rings (SSSR count). The average Bonchev–Trinajstić information content (AvgIpc) is 2.22. The van der Waals surface area contributed by atoms with Crippen LogP contribution in [-0.4, -0.2) is 42.8 Å². The Kier molecular flexibility index (Phi) is 5.82. The number of rotatable bonds is 5. The van der Waals surface area contributed by atoms with Crippen LogP contribution < -0.4 is 11.1 Å². The summed E-state index contributed by atoms with van der Waals surface area (Å²) in [6.45, 7) is 1.58. The summed E-state index contributed by atoms with van der Waals surface area (Å²) in [6.07, 6.45) is -0.840. The SMILES string of the molecule is CCC(N)C(=O)NCC(O)C(=O)OC. The van der Waals surface area contributed by atoms with Gasteiger partial charge in [-0.3, -0.25) is 4.79 Å². The third-order valence-corrected chi connectivity index (χ3v) is 1.72. The summed E-state index contributed by atoms with van der Waals surface area (Å²) in [7, 11) is 1.16. The van der Waals surface area contributed by atoms with Crippen molar-refractivity contribution in [1.82, 2.24) is 5.32 Å². The molecule has 0 saturated carbocycles. The first-order valence-corrected chi connectivity index (χ1v) is 4.32. The van der Waals surface area contributed by atoms with E-state index in [0.29, 0.717) is 6.42 Å². The first-order chi connectivity index (χ1) is 6.52. The second-order valence-electron chi connectivity index (χ2n) is 2.80. The van der Waals surface area contributed by atoms with Crippen molar-refractivity contribution in [1.29, 1.82) is 0 Å². The fourth-order valence-electron chi connectivity index (χ4n) is 0.733. The minimum Gasteiger partial charge on any atom is -0.467 e. The minimum atomic E-state index is -1.34. The Morgan fingerprint density at radius 1 is 1.57 bits per heavy atom. The molecule has 6 nitrogen and oxygen atoms in total. The van der Waals surface area contributed by atoms with Crippen LogP contribution in [0.2, 0.25) is 0 Å². The van der Waals surface area contributed by atoms with Crippen LogP contribution in [0.3, 0.4) is 0 Å². The van der Waals surface area contributed by atoms with Crippen LogP contribution in [0.25, 0.3) is 0 Å². The summed E-state index contributed by atoms with van der Waals surface area (Å²) in [6, 6.07) is -0.611. The Hall–Kier alpha value is -1.14. The third-order valence-electron chi connectivity index (χ3n) is 1.72. The summed E-state index contributed by atoms with van der Waals surface area (Å²) in [4.78, 5) is 21.8. The summed E-state index contributed by atoms with van der Waals surface area (Å²) in [5, 5.41) is 11.4. The van der Waals surface area contributed by atoms with E-state index in [9.17, 15) is 9.59 Å². The van der Waals surface area contributed by atoms with Gasteiger partial charge < -0.3 is 20.9 Å². The maximum Gasteiger partial charge on any atom is 0.336 e. The fourth-order valence-corrected chi connectivity index (χ4v) is 0.733. The Morgan fingerprint density at radius 2 is 2.14 bits per heavy atom. The molecule has 0 spiro atoms. The smallest absolute Gasteiger partial charge is 0.336 e. The number of hydrogen-bond donors (Lipinski definition) is 3. The van der Waals surface area contributed by atoms with Crippen LogP contribution in [0.1, 0.15) is 13.3 Å². The molecule has 0 bridgehead atoms. The highest BCUT2D eigenvalue weighted by molar-refractivity contribution is 5.82. The zero-order chi connectivity index (χ0) is 11.1. The van der Waals surface area contributed by atoms with Gasteiger partial charge in [0.25, 0.3) is 0 Å². The molecule has 0 radical (unpaired) electrons. The highest BCUT2D eigenvalue weighted by Gasteiger charge is 2.17. The summed E-state index contributed by atoms with van der Waals surface area (Å²) in [5.41, 5.74) is 5.40. The van der Waals surface area contributed by atoms with E-state index >= 15 is 0 Å². The molecule has 14 heavy (non-hydrogen) atoms. The van der Waals surface area contributed by atoms with Crippen molar-refractivity contribution < 1.29 is 19.4 Å². The molecular weight excluding hydrogens is 188 g/mol. The second-order valence-corrected chi connectivity index (χ2v) is 2.80. The number of ether oxygens (including phenoxy) is 1. The van der Waals surface area contributed by atoms with Gasteiger partial charge in [-0.05, 0) is 6.42 Å². The number of nitrogens with two attached hydrogens (primary N) is 1. The van der Waals surface area contributed by atoms with Crippen molar-refractivity contribution in [2.75, 3.05) is 13.7 Å². The Morgan fingerprint density at radius 3 is 2.57 bits per heavy atom. The monoisotopic (exact) mass is 204 g/mol. The number of carbonyl (C=O) groups is 2. The summed E-state index contributed by atoms with van der Waals surface area (Å²) < 4.78 is 4.26. The van der Waals surface area contributed by atoms with E-state index in [1.807, 2.05) is 0 Å². The zero-order valence-corrected chi connectivity index (χ0v) is 8.32. The van der Waals surface area contributed by atoms with Gasteiger partial charge in [-0.1, -0.05) is 6.92 Å². The average molecular weight is 204 g/mol. The molecule has 2 atom stereocenters. The molecular formula is C8H16N2O4. The van der Waals surface area contributed by atoms with Gasteiger partial charge in [-0.25, -0.2) is 4.79 Å². The minimum absolute atomic E-state index is 0.181. The molecule has 0 aromatic rings. The standard InChI is InChI=1S/C8H16N2O4/c1-3-5(9)7(12)10-4-6(11)8(13)14-2/h5-6,11H,3-4,9H2,1-2H3,(H,10,12). The van der Waals surface area contributed by atoms with Crippen LogP contribution in [0, 0.1) is 0 Å². The van der Waals surface area contributed by atoms with Crippen LogP contribution in [0.15, 0.2) is 0 Å². The van der Waals surface area contributed by atoms with Crippen molar-refractivity contribution in [2.24, 2.45) is 5.73 Å². The zero-order valence-electron chi connectivity index (χ0n) is 8.32. The molecule has 0 aromatic heterocycles. The molecule has 82 valence electrons. The molecule has 0 aliphatic carbocycles. The topological polar surface area (TPSA) is 102 Å². The van der Waals surface area contributed by atoms with E-state index in [1.54, 1.807) is 6.92 Å². The molecule has 0 aromatic carbocycles. The number of hydrogen-bond acceptors (Lipinski definition) is 5. The predicted octanol–water partition coefficient (Wildman–Crippen LogP) is -1.63. The van der Waals surface area contributed by atoms with E-state index in [4.69, 9.17) is 10.8 Å². The van der Waals surface area contributed by atoms with Gasteiger partial charge in [0.05, 0.1) is 19.7 Å². The lowest BCUT2D eigenvalue weighted by atomic mass is 10.2. The number of methoxy groups -OCH3 is 1. The van der Waals surface area contributed by atoms with Crippen LogP contribution in [0.4, 0.5) is 0 Å². The van der Waals surface area contributed by atoms with Crippen molar-refractivity contribution in [3.63, 3.8) is 0 Å². The lowest BCUT2D eigenvalue weighted by molar-refractivity contribution is -0.150. The van der Waals surface area contributed by atoms with E-state index in [1.165, 1.54) is 0 Å². The fraction of sp³-hybridized carbons (Fsp3) is 0.750. The maximum atomic E-state index is 11.1. The normalized spacial score (nSPS) is 14.3. The molecule has 6 heteroatoms. The Labute approximate surface area is 82.4 Å². The lowest BCUT2D eigenvalue weighted by Gasteiger charge is -2.12. The van der Waals surface area contributed by atoms with E-state index < -0.39 is 24.0 Å². The highest BCUT2D eigenvalue weighted by Crippen LogP contribution is 1.88. The number of aliphatic hydroxyl groups excluding tert-OH is 1. The molecule has 0 aliphatic rings. The third kappa shape index (κ3) is 4.20. The number of aliphatic hydroxyl groups is 1. The van der Waals surface area contributed by atoms with Gasteiger partial charge in [0.1, 0.15) is 0 Å². The first kappa shape index (κ1) is 12.9. The molecule has 0 aliphatic heterocycles. The van der Waals surface area contributed by atoms with E-state index in [2.05, 4.69) is 10.1 Å². The lowest BCUT2D eigenvalue weighted by Crippen LogP contribution is -2.44. The molecule has 0 saturated heterocycles. The van der Waals surface area contributed by atoms with Gasteiger partial charge in [-0.15, -0.1) is 0 Å². The Bertz CT molecular complexity index is 208. The molecule has 1 amide bonds. The largest absolute Gasteiger partial charge is 0.467 e. The second kappa shape index (κ2) is 6.33. The molecule has 0 heterocycles. The molecule has 2 unspecified atom stereocenters.